The van der Waals surface area contributed by atoms with Gasteiger partial charge in [0.1, 0.15) is 18.1 Å². The van der Waals surface area contributed by atoms with Crippen LogP contribution in [0.2, 0.25) is 0 Å². The molecule has 2 heterocycles. The summed E-state index contributed by atoms with van der Waals surface area (Å²) in [7, 11) is -3.08. The number of hydrogen-bond acceptors (Lipinski definition) is 7. The summed E-state index contributed by atoms with van der Waals surface area (Å²) in [6.07, 6.45) is 7.39. The summed E-state index contributed by atoms with van der Waals surface area (Å²) in [6, 6.07) is 9.31. The second-order valence-electron chi connectivity index (χ2n) is 9.06. The molecule has 190 valence electrons. The molecule has 36 heavy (non-hydrogen) atoms. The van der Waals surface area contributed by atoms with Gasteiger partial charge in [-0.1, -0.05) is 12.1 Å². The van der Waals surface area contributed by atoms with Gasteiger partial charge in [0, 0.05) is 23.8 Å². The minimum absolute atomic E-state index is 0.0356. The molecule has 0 bridgehead atoms. The van der Waals surface area contributed by atoms with E-state index >= 15 is 0 Å². The second kappa shape index (κ2) is 10.6. The second-order valence-corrected chi connectivity index (χ2v) is 11.3. The van der Waals surface area contributed by atoms with E-state index in [9.17, 15) is 13.2 Å². The molecule has 1 aromatic heterocycles. The molecule has 2 aromatic rings. The molecule has 2 aliphatic rings. The third-order valence-corrected chi connectivity index (χ3v) is 6.91. The number of benzene rings is 1. The van der Waals surface area contributed by atoms with Crippen LogP contribution >= 0.6 is 0 Å². The van der Waals surface area contributed by atoms with Crippen molar-refractivity contribution in [2.75, 3.05) is 25.2 Å². The maximum atomic E-state index is 11.3. The van der Waals surface area contributed by atoms with E-state index in [1.165, 1.54) is 6.26 Å². The Balaban J connectivity index is 1.46. The summed E-state index contributed by atoms with van der Waals surface area (Å²) in [5.41, 5.74) is 5.47. The highest BCUT2D eigenvalue weighted by Crippen LogP contribution is 2.37. The Morgan fingerprint density at radius 3 is 2.69 bits per heavy atom. The molecule has 1 N–H and O–H groups in total. The van der Waals surface area contributed by atoms with Crippen molar-refractivity contribution in [1.29, 1.82) is 0 Å². The summed E-state index contributed by atoms with van der Waals surface area (Å²) in [5, 5.41) is 9.07. The van der Waals surface area contributed by atoms with E-state index in [1.54, 1.807) is 12.3 Å². The number of allylic oxidation sites excluding steroid dienone is 4. The molecule has 1 saturated heterocycles. The Kier molecular flexibility index (Phi) is 7.49. The molecule has 0 spiro atoms. The van der Waals surface area contributed by atoms with E-state index in [4.69, 9.17) is 19.3 Å². The van der Waals surface area contributed by atoms with E-state index in [-0.39, 0.29) is 24.7 Å². The molecule has 9 heteroatoms. The first kappa shape index (κ1) is 25.5. The van der Waals surface area contributed by atoms with Gasteiger partial charge in [0.15, 0.2) is 9.84 Å². The lowest BCUT2D eigenvalue weighted by Gasteiger charge is -2.14. The fraction of sp³-hybridized carbons (Fsp3) is 0.333. The number of rotatable bonds is 9. The largest absolute Gasteiger partial charge is 0.493 e. The minimum Gasteiger partial charge on any atom is -0.493 e. The van der Waals surface area contributed by atoms with Crippen molar-refractivity contribution in [3.05, 3.63) is 76.8 Å². The van der Waals surface area contributed by atoms with Crippen molar-refractivity contribution < 1.29 is 32.5 Å². The Labute approximate surface area is 210 Å². The first-order valence-corrected chi connectivity index (χ1v) is 13.7. The van der Waals surface area contributed by atoms with E-state index in [0.717, 1.165) is 33.5 Å². The van der Waals surface area contributed by atoms with Gasteiger partial charge in [0.2, 0.25) is 5.88 Å². The van der Waals surface area contributed by atoms with Crippen LogP contribution in [0.1, 0.15) is 24.0 Å². The van der Waals surface area contributed by atoms with Crippen LogP contribution in [-0.2, 0) is 19.4 Å². The third kappa shape index (κ3) is 6.34. The van der Waals surface area contributed by atoms with Crippen molar-refractivity contribution in [3.63, 3.8) is 0 Å². The number of sulfone groups is 1. The average molecular weight is 512 g/mol. The number of aromatic nitrogens is 1. The first-order chi connectivity index (χ1) is 17.1. The van der Waals surface area contributed by atoms with Gasteiger partial charge in [0.05, 0.1) is 30.7 Å². The van der Waals surface area contributed by atoms with Crippen molar-refractivity contribution >= 4 is 15.8 Å². The molecular weight excluding hydrogens is 482 g/mol. The predicted octanol–water partition coefficient (Wildman–Crippen LogP) is 4.39. The fourth-order valence-electron chi connectivity index (χ4n) is 4.35. The van der Waals surface area contributed by atoms with Crippen LogP contribution in [0.25, 0.3) is 11.3 Å². The van der Waals surface area contributed by atoms with Gasteiger partial charge >= 0.3 is 5.97 Å². The number of carbonyl (C=O) groups is 1. The van der Waals surface area contributed by atoms with E-state index in [0.29, 0.717) is 30.4 Å². The van der Waals surface area contributed by atoms with Gasteiger partial charge < -0.3 is 19.3 Å². The molecule has 0 radical (unpaired) electrons. The summed E-state index contributed by atoms with van der Waals surface area (Å²) < 4.78 is 39.9. The molecule has 1 aromatic carbocycles. The first-order valence-electron chi connectivity index (χ1n) is 11.6. The summed E-state index contributed by atoms with van der Waals surface area (Å²) in [5.74, 6) is 0.780. The predicted molar refractivity (Wildman–Crippen MR) is 136 cm³/mol. The lowest BCUT2D eigenvalue weighted by Crippen LogP contribution is -2.12. The minimum atomic E-state index is -3.08. The summed E-state index contributed by atoms with van der Waals surface area (Å²) in [4.78, 5) is 15.7. The highest BCUT2D eigenvalue weighted by molar-refractivity contribution is 7.90. The SMILES string of the molecule is Cc1cc(OCCS(C)(=O)=O)cc(C)c1-c1cccc(OC=C2C=C3OCC(CC(=O)O)C3=CC2)n1. The fourth-order valence-corrected chi connectivity index (χ4v) is 4.74. The lowest BCUT2D eigenvalue weighted by molar-refractivity contribution is -0.137. The van der Waals surface area contributed by atoms with Crippen LogP contribution in [0.15, 0.2) is 65.7 Å². The molecule has 1 atom stereocenters. The van der Waals surface area contributed by atoms with Crippen molar-refractivity contribution in [2.45, 2.75) is 26.7 Å². The highest BCUT2D eigenvalue weighted by atomic mass is 32.2. The Morgan fingerprint density at radius 1 is 1.25 bits per heavy atom. The number of aryl methyl sites for hydroxylation is 2. The molecule has 0 saturated carbocycles. The van der Waals surface area contributed by atoms with Crippen LogP contribution < -0.4 is 9.47 Å². The zero-order valence-electron chi connectivity index (χ0n) is 20.5. The Bertz CT molecular complexity index is 1350. The standard InChI is InChI=1S/C27H29NO7S/c1-17-11-21(33-9-10-36(3,31)32)12-18(2)27(17)23-5-4-6-25(28-23)35-15-19-7-8-22-20(14-26(29)30)16-34-24(22)13-19/h4-6,8,11-13,15,20H,7,9-10,14,16H2,1-3H3,(H,29,30). The molecule has 1 unspecified atom stereocenters. The Morgan fingerprint density at radius 2 is 2.00 bits per heavy atom. The monoisotopic (exact) mass is 511 g/mol. The van der Waals surface area contributed by atoms with Crippen LogP contribution in [-0.4, -0.2) is 49.7 Å². The van der Waals surface area contributed by atoms with Crippen LogP contribution in [0.4, 0.5) is 0 Å². The van der Waals surface area contributed by atoms with Gasteiger partial charge in [-0.15, -0.1) is 0 Å². The quantitative estimate of drug-likeness (QED) is 0.494. The molecule has 4 rings (SSSR count). The van der Waals surface area contributed by atoms with E-state index in [2.05, 4.69) is 4.98 Å². The molecule has 1 aliphatic heterocycles. The van der Waals surface area contributed by atoms with Gasteiger partial charge in [-0.3, -0.25) is 4.79 Å². The number of aliphatic carboxylic acids is 1. The molecular formula is C27H29NO7S. The number of carboxylic acids is 1. The van der Waals surface area contributed by atoms with Crippen LogP contribution in [0.5, 0.6) is 11.6 Å². The summed E-state index contributed by atoms with van der Waals surface area (Å²) >= 11 is 0. The van der Waals surface area contributed by atoms with Gasteiger partial charge in [-0.2, -0.15) is 0 Å². The molecule has 1 fully saturated rings. The van der Waals surface area contributed by atoms with Crippen molar-refractivity contribution in [1.82, 2.24) is 4.98 Å². The van der Waals surface area contributed by atoms with Crippen LogP contribution in [0.3, 0.4) is 0 Å². The normalized spacial score (nSPS) is 18.2. The van der Waals surface area contributed by atoms with Gasteiger partial charge in [0.25, 0.3) is 0 Å². The van der Waals surface area contributed by atoms with Crippen molar-refractivity contribution in [2.24, 2.45) is 5.92 Å². The number of fused-ring (bicyclic) bond motifs is 1. The smallest absolute Gasteiger partial charge is 0.304 e. The number of hydrogen-bond donors (Lipinski definition) is 1. The van der Waals surface area contributed by atoms with Crippen LogP contribution in [0, 0.1) is 19.8 Å². The summed E-state index contributed by atoms with van der Waals surface area (Å²) in [6.45, 7) is 4.40. The number of pyridine rings is 1. The average Bonchev–Trinajstić information content (AvgIpc) is 3.18. The number of carboxylic acid groups (broad SMARTS) is 1. The van der Waals surface area contributed by atoms with E-state index in [1.807, 2.05) is 50.3 Å². The third-order valence-electron chi connectivity index (χ3n) is 6.00. The maximum Gasteiger partial charge on any atom is 0.304 e. The maximum absolute atomic E-state index is 11.3. The Hall–Kier alpha value is -3.59. The zero-order chi connectivity index (χ0) is 25.9. The topological polar surface area (TPSA) is 112 Å². The van der Waals surface area contributed by atoms with Gasteiger partial charge in [-0.25, -0.2) is 13.4 Å². The zero-order valence-corrected chi connectivity index (χ0v) is 21.3. The van der Waals surface area contributed by atoms with Gasteiger partial charge in [-0.05, 0) is 66.8 Å². The number of nitrogens with zero attached hydrogens (tertiary/aromatic N) is 1. The molecule has 1 aliphatic carbocycles. The van der Waals surface area contributed by atoms with E-state index < -0.39 is 15.8 Å². The molecule has 0 amide bonds. The molecule has 8 nitrogen and oxygen atoms in total. The van der Waals surface area contributed by atoms with Crippen molar-refractivity contribution in [3.8, 4) is 22.9 Å². The highest BCUT2D eigenvalue weighted by Gasteiger charge is 2.30. The lowest BCUT2D eigenvalue weighted by atomic mass is 9.92. The number of ether oxygens (including phenoxy) is 3.